The van der Waals surface area contributed by atoms with Gasteiger partial charge in [-0.25, -0.2) is 0 Å². The Morgan fingerprint density at radius 3 is 2.94 bits per heavy atom. The lowest BCUT2D eigenvalue weighted by molar-refractivity contribution is -0.122. The van der Waals surface area contributed by atoms with Gasteiger partial charge in [0.05, 0.1) is 19.3 Å². The van der Waals surface area contributed by atoms with E-state index in [2.05, 4.69) is 10.6 Å². The summed E-state index contributed by atoms with van der Waals surface area (Å²) < 4.78 is 10.9. The van der Waals surface area contributed by atoms with E-state index in [0.29, 0.717) is 19.6 Å². The average Bonchev–Trinajstić information content (AvgIpc) is 2.79. The molecule has 108 valence electrons. The number of hydrogen-bond acceptors (Lipinski definition) is 4. The average molecular weight is 281 g/mol. The standard InChI is InChI=1S/C12H24N2O3.ClH/c1-10(8-17-11-5-7-16-9-11)14-12(15)4-3-6-13-2;/h10-11,13H,3-9H2,1-2H3,(H,14,15);1H. The Balaban J connectivity index is 0.00000289. The van der Waals surface area contributed by atoms with Crippen LogP contribution in [0.25, 0.3) is 0 Å². The third-order valence-electron chi connectivity index (χ3n) is 2.71. The van der Waals surface area contributed by atoms with Crippen LogP contribution < -0.4 is 10.6 Å². The molecule has 2 atom stereocenters. The van der Waals surface area contributed by atoms with Gasteiger partial charge in [-0.15, -0.1) is 12.4 Å². The van der Waals surface area contributed by atoms with Gasteiger partial charge in [0, 0.05) is 19.1 Å². The molecule has 0 radical (unpaired) electrons. The minimum Gasteiger partial charge on any atom is -0.379 e. The van der Waals surface area contributed by atoms with Gasteiger partial charge >= 0.3 is 0 Å². The van der Waals surface area contributed by atoms with E-state index in [4.69, 9.17) is 9.47 Å². The number of carbonyl (C=O) groups excluding carboxylic acids is 1. The summed E-state index contributed by atoms with van der Waals surface area (Å²) >= 11 is 0. The van der Waals surface area contributed by atoms with Gasteiger partial charge in [-0.05, 0) is 33.4 Å². The zero-order valence-corrected chi connectivity index (χ0v) is 12.1. The van der Waals surface area contributed by atoms with Gasteiger partial charge in [-0.1, -0.05) is 0 Å². The number of hydrogen-bond donors (Lipinski definition) is 2. The maximum atomic E-state index is 11.5. The molecule has 1 rings (SSSR count). The van der Waals surface area contributed by atoms with Crippen molar-refractivity contribution in [2.24, 2.45) is 0 Å². The van der Waals surface area contributed by atoms with Crippen molar-refractivity contribution in [3.8, 4) is 0 Å². The van der Waals surface area contributed by atoms with Crippen molar-refractivity contribution in [3.63, 3.8) is 0 Å². The van der Waals surface area contributed by atoms with E-state index < -0.39 is 0 Å². The van der Waals surface area contributed by atoms with Crippen molar-refractivity contribution < 1.29 is 14.3 Å². The van der Waals surface area contributed by atoms with E-state index in [1.165, 1.54) is 0 Å². The summed E-state index contributed by atoms with van der Waals surface area (Å²) in [5.74, 6) is 0.0963. The van der Waals surface area contributed by atoms with Crippen LogP contribution in [-0.4, -0.2) is 51.5 Å². The molecule has 0 aliphatic carbocycles. The topological polar surface area (TPSA) is 59.6 Å². The molecule has 18 heavy (non-hydrogen) atoms. The normalized spacial score (nSPS) is 20.2. The molecule has 1 saturated heterocycles. The predicted molar refractivity (Wildman–Crippen MR) is 73.2 cm³/mol. The molecule has 0 spiro atoms. The number of amides is 1. The lowest BCUT2D eigenvalue weighted by Gasteiger charge is -2.16. The summed E-state index contributed by atoms with van der Waals surface area (Å²) in [4.78, 5) is 11.5. The first-order valence-corrected chi connectivity index (χ1v) is 6.35. The molecule has 0 aromatic heterocycles. The highest BCUT2D eigenvalue weighted by Crippen LogP contribution is 2.08. The summed E-state index contributed by atoms with van der Waals surface area (Å²) in [6.07, 6.45) is 2.60. The summed E-state index contributed by atoms with van der Waals surface area (Å²) in [5.41, 5.74) is 0. The lowest BCUT2D eigenvalue weighted by Crippen LogP contribution is -2.37. The van der Waals surface area contributed by atoms with Gasteiger partial charge in [-0.3, -0.25) is 4.79 Å². The van der Waals surface area contributed by atoms with E-state index in [9.17, 15) is 4.79 Å². The minimum atomic E-state index is 0. The molecular formula is C12H25ClN2O3. The largest absolute Gasteiger partial charge is 0.379 e. The number of ether oxygens (including phenoxy) is 2. The molecule has 2 N–H and O–H groups in total. The van der Waals surface area contributed by atoms with Crippen LogP contribution in [0.3, 0.4) is 0 Å². The summed E-state index contributed by atoms with van der Waals surface area (Å²) in [6.45, 7) is 4.87. The molecule has 1 heterocycles. The molecule has 0 aromatic rings. The van der Waals surface area contributed by atoms with Gasteiger partial charge < -0.3 is 20.1 Å². The molecule has 1 amide bonds. The Morgan fingerprint density at radius 1 is 1.56 bits per heavy atom. The first kappa shape index (κ1) is 17.6. The quantitative estimate of drug-likeness (QED) is 0.643. The first-order valence-electron chi connectivity index (χ1n) is 6.35. The van der Waals surface area contributed by atoms with Crippen molar-refractivity contribution in [3.05, 3.63) is 0 Å². The molecule has 0 bridgehead atoms. The fourth-order valence-electron chi connectivity index (χ4n) is 1.74. The van der Waals surface area contributed by atoms with E-state index in [-0.39, 0.29) is 30.5 Å². The fraction of sp³-hybridized carbons (Fsp3) is 0.917. The Hall–Kier alpha value is -0.360. The second-order valence-corrected chi connectivity index (χ2v) is 4.49. The van der Waals surface area contributed by atoms with Crippen molar-refractivity contribution >= 4 is 18.3 Å². The van der Waals surface area contributed by atoms with Crippen molar-refractivity contribution in [1.82, 2.24) is 10.6 Å². The molecular weight excluding hydrogens is 256 g/mol. The van der Waals surface area contributed by atoms with Crippen molar-refractivity contribution in [2.45, 2.75) is 38.3 Å². The van der Waals surface area contributed by atoms with Crippen LogP contribution in [0, 0.1) is 0 Å². The third kappa shape index (κ3) is 7.87. The lowest BCUT2D eigenvalue weighted by atomic mass is 10.2. The SMILES string of the molecule is CNCCCC(=O)NC(C)COC1CCOC1.Cl. The van der Waals surface area contributed by atoms with E-state index in [1.54, 1.807) is 0 Å². The van der Waals surface area contributed by atoms with Crippen LogP contribution >= 0.6 is 12.4 Å². The monoisotopic (exact) mass is 280 g/mol. The molecule has 6 heteroatoms. The second kappa shape index (κ2) is 10.6. The van der Waals surface area contributed by atoms with Crippen molar-refractivity contribution in [1.29, 1.82) is 0 Å². The van der Waals surface area contributed by atoms with E-state index in [1.807, 2.05) is 14.0 Å². The highest BCUT2D eigenvalue weighted by atomic mass is 35.5. The molecule has 1 aliphatic rings. The maximum absolute atomic E-state index is 11.5. The van der Waals surface area contributed by atoms with Crippen LogP contribution in [-0.2, 0) is 14.3 Å². The van der Waals surface area contributed by atoms with Gasteiger partial charge in [-0.2, -0.15) is 0 Å². The Morgan fingerprint density at radius 2 is 2.33 bits per heavy atom. The summed E-state index contributed by atoms with van der Waals surface area (Å²) in [7, 11) is 1.89. The van der Waals surface area contributed by atoms with Crippen LogP contribution in [0.15, 0.2) is 0 Å². The Labute approximate surface area is 115 Å². The molecule has 1 aliphatic heterocycles. The van der Waals surface area contributed by atoms with Crippen LogP contribution in [0.2, 0.25) is 0 Å². The Kier molecular flexibility index (Phi) is 10.3. The highest BCUT2D eigenvalue weighted by molar-refractivity contribution is 5.85. The number of nitrogens with one attached hydrogen (secondary N) is 2. The van der Waals surface area contributed by atoms with Crippen LogP contribution in [0.5, 0.6) is 0 Å². The van der Waals surface area contributed by atoms with Gasteiger partial charge in [0.15, 0.2) is 0 Å². The number of carbonyl (C=O) groups is 1. The van der Waals surface area contributed by atoms with Gasteiger partial charge in [0.25, 0.3) is 0 Å². The third-order valence-corrected chi connectivity index (χ3v) is 2.71. The minimum absolute atomic E-state index is 0. The molecule has 5 nitrogen and oxygen atoms in total. The summed E-state index contributed by atoms with van der Waals surface area (Å²) in [5, 5.41) is 5.95. The number of rotatable bonds is 8. The first-order chi connectivity index (χ1) is 8.22. The summed E-state index contributed by atoms with van der Waals surface area (Å²) in [6, 6.07) is 0.0673. The van der Waals surface area contributed by atoms with E-state index in [0.717, 1.165) is 26.0 Å². The second-order valence-electron chi connectivity index (χ2n) is 4.49. The highest BCUT2D eigenvalue weighted by Gasteiger charge is 2.17. The molecule has 0 aromatic carbocycles. The molecule has 1 fully saturated rings. The molecule has 0 saturated carbocycles. The fourth-order valence-corrected chi connectivity index (χ4v) is 1.74. The van der Waals surface area contributed by atoms with Gasteiger partial charge in [0.1, 0.15) is 0 Å². The zero-order chi connectivity index (χ0) is 12.5. The van der Waals surface area contributed by atoms with E-state index >= 15 is 0 Å². The Bertz CT molecular complexity index is 223. The van der Waals surface area contributed by atoms with Gasteiger partial charge in [0.2, 0.25) is 5.91 Å². The van der Waals surface area contributed by atoms with Crippen molar-refractivity contribution in [2.75, 3.05) is 33.4 Å². The van der Waals surface area contributed by atoms with Crippen LogP contribution in [0.4, 0.5) is 0 Å². The predicted octanol–water partition coefficient (Wildman–Crippen LogP) is 0.718. The zero-order valence-electron chi connectivity index (χ0n) is 11.2. The maximum Gasteiger partial charge on any atom is 0.220 e. The smallest absolute Gasteiger partial charge is 0.220 e. The van der Waals surface area contributed by atoms with Crippen LogP contribution in [0.1, 0.15) is 26.2 Å². The molecule has 2 unspecified atom stereocenters. The number of halogens is 1.